The molecule has 0 aromatic rings. The molecule has 0 unspecified atom stereocenters. The minimum atomic E-state index is 0.695. The van der Waals surface area contributed by atoms with Gasteiger partial charge in [0.1, 0.15) is 5.76 Å². The number of nitrogens with two attached hydrogens (primary N) is 1. The molecule has 0 saturated carbocycles. The highest BCUT2D eigenvalue weighted by Crippen LogP contribution is 1.96. The van der Waals surface area contributed by atoms with Gasteiger partial charge in [0.15, 0.2) is 0 Å². The largest absolute Gasteiger partial charge is 0.497 e. The fraction of sp³-hybridized carbons (Fsp3) is 0.800. The first kappa shape index (κ1) is 17.4. The van der Waals surface area contributed by atoms with E-state index in [4.69, 9.17) is 10.5 Å². The van der Waals surface area contributed by atoms with Crippen LogP contribution < -0.4 is 5.73 Å². The van der Waals surface area contributed by atoms with Gasteiger partial charge in [-0.1, -0.05) is 27.7 Å². The predicted octanol–water partition coefficient (Wildman–Crippen LogP) is 3.29. The van der Waals surface area contributed by atoms with Crippen LogP contribution in [-0.2, 0) is 4.74 Å². The van der Waals surface area contributed by atoms with Gasteiger partial charge in [-0.05, 0) is 20.8 Å². The summed E-state index contributed by atoms with van der Waals surface area (Å²) in [6.45, 7) is 14.3. The normalized spacial score (nSPS) is 9.58. The molecule has 0 aromatic carbocycles. The Kier molecular flexibility index (Phi) is 24.3. The van der Waals surface area contributed by atoms with Crippen LogP contribution >= 0.6 is 0 Å². The minimum Gasteiger partial charge on any atom is -0.497 e. The van der Waals surface area contributed by atoms with E-state index in [-0.39, 0.29) is 0 Å². The molecule has 0 rings (SSSR count). The molecule has 0 aliphatic heterocycles. The van der Waals surface area contributed by atoms with Gasteiger partial charge in [0.05, 0.1) is 6.61 Å². The van der Waals surface area contributed by atoms with E-state index < -0.39 is 0 Å². The summed E-state index contributed by atoms with van der Waals surface area (Å²) < 4.78 is 5.06. The Labute approximate surface area is 77.8 Å². The quantitative estimate of drug-likeness (QED) is 0.654. The lowest BCUT2D eigenvalue weighted by Crippen LogP contribution is -1.98. The molecular weight excluding hydrogens is 150 g/mol. The van der Waals surface area contributed by atoms with Crippen LogP contribution in [0.3, 0.4) is 0 Å². The van der Waals surface area contributed by atoms with Crippen LogP contribution in [0.25, 0.3) is 0 Å². The van der Waals surface area contributed by atoms with E-state index >= 15 is 0 Å². The lowest BCUT2D eigenvalue weighted by molar-refractivity contribution is 0.227. The Morgan fingerprint density at radius 3 is 1.50 bits per heavy atom. The summed E-state index contributed by atoms with van der Waals surface area (Å²) in [5.41, 5.74) is 6.13. The van der Waals surface area contributed by atoms with Gasteiger partial charge in [0, 0.05) is 5.70 Å². The Morgan fingerprint density at radius 2 is 1.42 bits per heavy atom. The second-order valence-electron chi connectivity index (χ2n) is 1.67. The Morgan fingerprint density at radius 1 is 1.08 bits per heavy atom. The third-order valence-corrected chi connectivity index (χ3v) is 0.916. The van der Waals surface area contributed by atoms with Crippen LogP contribution in [0.2, 0.25) is 0 Å². The Balaban J connectivity index is -0.000000175. The summed E-state index contributed by atoms with van der Waals surface area (Å²) in [6, 6.07) is 0. The lowest BCUT2D eigenvalue weighted by atomic mass is 10.4. The van der Waals surface area contributed by atoms with Crippen molar-refractivity contribution in [3.63, 3.8) is 0 Å². The summed E-state index contributed by atoms with van der Waals surface area (Å²) >= 11 is 0. The van der Waals surface area contributed by atoms with Crippen molar-refractivity contribution in [1.82, 2.24) is 0 Å². The van der Waals surface area contributed by atoms with E-state index in [1.165, 1.54) is 0 Å². The molecule has 0 heterocycles. The number of hydrogen-bond acceptors (Lipinski definition) is 2. The van der Waals surface area contributed by atoms with Gasteiger partial charge >= 0.3 is 0 Å². The van der Waals surface area contributed by atoms with Crippen LogP contribution in [0.5, 0.6) is 0 Å². The Hall–Kier alpha value is -0.660. The van der Waals surface area contributed by atoms with Gasteiger partial charge in [-0.15, -0.1) is 0 Å². The molecule has 0 amide bonds. The molecule has 0 radical (unpaired) electrons. The molecule has 2 N–H and O–H groups in total. The van der Waals surface area contributed by atoms with E-state index in [1.54, 1.807) is 0 Å². The molecule has 0 aliphatic carbocycles. The first-order chi connectivity index (χ1) is 5.68. The van der Waals surface area contributed by atoms with Crippen molar-refractivity contribution in [3.8, 4) is 0 Å². The average molecular weight is 175 g/mol. The fourth-order valence-corrected chi connectivity index (χ4v) is 0.330. The highest BCUT2D eigenvalue weighted by atomic mass is 16.5. The molecular formula is C10H25NO. The van der Waals surface area contributed by atoms with Crippen molar-refractivity contribution in [2.24, 2.45) is 5.73 Å². The molecule has 0 atom stereocenters. The zero-order valence-electron chi connectivity index (χ0n) is 9.69. The molecule has 12 heavy (non-hydrogen) atoms. The number of ether oxygens (including phenoxy) is 1. The van der Waals surface area contributed by atoms with E-state index in [9.17, 15) is 0 Å². The van der Waals surface area contributed by atoms with Crippen molar-refractivity contribution >= 4 is 0 Å². The maximum absolute atomic E-state index is 5.38. The highest BCUT2D eigenvalue weighted by Gasteiger charge is 1.87. The van der Waals surface area contributed by atoms with Crippen LogP contribution in [0, 0.1) is 0 Å². The van der Waals surface area contributed by atoms with Crippen molar-refractivity contribution in [2.45, 2.75) is 48.5 Å². The first-order valence-electron chi connectivity index (χ1n) is 4.74. The third kappa shape index (κ3) is 16.2. The standard InChI is InChI=1S/C6H13NO.2C2H6/c1-4-8-6(3)5(2)7;2*1-2/h4,7H2,1-3H3;2*1-2H3/b6-5-;;. The van der Waals surface area contributed by atoms with E-state index in [0.717, 1.165) is 11.5 Å². The molecule has 0 aliphatic rings. The molecule has 0 aromatic heterocycles. The van der Waals surface area contributed by atoms with Gasteiger partial charge in [-0.3, -0.25) is 0 Å². The zero-order valence-corrected chi connectivity index (χ0v) is 9.69. The monoisotopic (exact) mass is 175 g/mol. The van der Waals surface area contributed by atoms with Gasteiger partial charge in [0.2, 0.25) is 0 Å². The smallest absolute Gasteiger partial charge is 0.111 e. The fourth-order valence-electron chi connectivity index (χ4n) is 0.330. The second kappa shape index (κ2) is 16.7. The van der Waals surface area contributed by atoms with Gasteiger partial charge in [-0.2, -0.15) is 0 Å². The van der Waals surface area contributed by atoms with Crippen LogP contribution in [0.15, 0.2) is 11.5 Å². The summed E-state index contributed by atoms with van der Waals surface area (Å²) in [7, 11) is 0. The van der Waals surface area contributed by atoms with Crippen molar-refractivity contribution < 1.29 is 4.74 Å². The first-order valence-corrected chi connectivity index (χ1v) is 4.74. The number of allylic oxidation sites excluding steroid dienone is 2. The maximum atomic E-state index is 5.38. The summed E-state index contributed by atoms with van der Waals surface area (Å²) in [5.74, 6) is 0.826. The van der Waals surface area contributed by atoms with E-state index in [2.05, 4.69) is 0 Å². The predicted molar refractivity (Wildman–Crippen MR) is 56.9 cm³/mol. The SMILES string of the molecule is CC.CC.CCO/C(C)=C(/C)N. The van der Waals surface area contributed by atoms with Crippen LogP contribution in [0.1, 0.15) is 48.5 Å². The number of hydrogen-bond donors (Lipinski definition) is 1. The molecule has 0 bridgehead atoms. The van der Waals surface area contributed by atoms with Crippen LogP contribution in [-0.4, -0.2) is 6.61 Å². The molecule has 0 spiro atoms. The van der Waals surface area contributed by atoms with Crippen molar-refractivity contribution in [1.29, 1.82) is 0 Å². The van der Waals surface area contributed by atoms with Gasteiger partial charge in [-0.25, -0.2) is 0 Å². The topological polar surface area (TPSA) is 35.2 Å². The zero-order chi connectivity index (χ0) is 10.6. The maximum Gasteiger partial charge on any atom is 0.111 e. The minimum absolute atomic E-state index is 0.695. The molecule has 2 heteroatoms. The molecule has 2 nitrogen and oxygen atoms in total. The molecule has 0 fully saturated rings. The molecule has 0 saturated heterocycles. The van der Waals surface area contributed by atoms with Crippen molar-refractivity contribution in [2.75, 3.05) is 6.61 Å². The summed E-state index contributed by atoms with van der Waals surface area (Å²) in [6.07, 6.45) is 0. The highest BCUT2D eigenvalue weighted by molar-refractivity contribution is 4.97. The van der Waals surface area contributed by atoms with Crippen LogP contribution in [0.4, 0.5) is 0 Å². The summed E-state index contributed by atoms with van der Waals surface area (Å²) in [5, 5.41) is 0. The average Bonchev–Trinajstić information content (AvgIpc) is 2.12. The van der Waals surface area contributed by atoms with Gasteiger partial charge in [0.25, 0.3) is 0 Å². The van der Waals surface area contributed by atoms with Gasteiger partial charge < -0.3 is 10.5 Å². The number of rotatable bonds is 2. The second-order valence-corrected chi connectivity index (χ2v) is 1.67. The summed E-state index contributed by atoms with van der Waals surface area (Å²) in [4.78, 5) is 0. The third-order valence-electron chi connectivity index (χ3n) is 0.916. The Bertz CT molecular complexity index is 94.0. The molecule has 76 valence electrons. The van der Waals surface area contributed by atoms with E-state index in [0.29, 0.717) is 6.61 Å². The van der Waals surface area contributed by atoms with Crippen molar-refractivity contribution in [3.05, 3.63) is 11.5 Å². The van der Waals surface area contributed by atoms with E-state index in [1.807, 2.05) is 48.5 Å². The lowest BCUT2D eigenvalue weighted by Gasteiger charge is -2.02.